The summed E-state index contributed by atoms with van der Waals surface area (Å²) in [5.74, 6) is -3.95. The molecule has 1 aliphatic rings. The third-order valence-corrected chi connectivity index (χ3v) is 7.07. The Morgan fingerprint density at radius 2 is 1.93 bits per heavy atom. The van der Waals surface area contributed by atoms with Crippen molar-refractivity contribution >= 4 is 61.6 Å². The lowest BCUT2D eigenvalue weighted by Gasteiger charge is -2.11. The van der Waals surface area contributed by atoms with E-state index >= 15 is 0 Å². The molecule has 4 rings (SSSR count). The highest BCUT2D eigenvalue weighted by molar-refractivity contribution is 9.10. The van der Waals surface area contributed by atoms with Crippen molar-refractivity contribution in [1.29, 1.82) is 0 Å². The summed E-state index contributed by atoms with van der Waals surface area (Å²) in [5.41, 5.74) is 0.480. The van der Waals surface area contributed by atoms with Crippen LogP contribution in [0, 0.1) is 18.6 Å². The highest BCUT2D eigenvalue weighted by Gasteiger charge is 2.30. The summed E-state index contributed by atoms with van der Waals surface area (Å²) in [6, 6.07) is 8.26. The molecule has 154 valence electrons. The van der Waals surface area contributed by atoms with Crippen LogP contribution in [0.15, 0.2) is 45.1 Å². The van der Waals surface area contributed by atoms with E-state index in [2.05, 4.69) is 26.6 Å². The summed E-state index contributed by atoms with van der Waals surface area (Å²) >= 11 is 5.62. The summed E-state index contributed by atoms with van der Waals surface area (Å²) in [6.07, 6.45) is 0. The van der Waals surface area contributed by atoms with Gasteiger partial charge in [0, 0.05) is 31.6 Å². The van der Waals surface area contributed by atoms with E-state index in [4.69, 9.17) is 0 Å². The van der Waals surface area contributed by atoms with Gasteiger partial charge in [-0.25, -0.2) is 13.6 Å². The van der Waals surface area contributed by atoms with Crippen LogP contribution < -0.4 is 10.6 Å². The lowest BCUT2D eigenvalue weighted by atomic mass is 10.0. The second-order valence-electron chi connectivity index (χ2n) is 6.49. The number of carbonyl (C=O) groups excluding carboxylic acids is 1. The second-order valence-corrected chi connectivity index (χ2v) is 9.43. The summed E-state index contributed by atoms with van der Waals surface area (Å²) in [7, 11) is 0. The van der Waals surface area contributed by atoms with Gasteiger partial charge in [0.05, 0.1) is 0 Å². The van der Waals surface area contributed by atoms with Crippen LogP contribution >= 0.6 is 39.0 Å². The number of carboxylic acids is 1. The zero-order valence-electron chi connectivity index (χ0n) is 15.3. The van der Waals surface area contributed by atoms with Crippen molar-refractivity contribution in [2.45, 2.75) is 17.2 Å². The van der Waals surface area contributed by atoms with Gasteiger partial charge < -0.3 is 15.7 Å². The maximum absolute atomic E-state index is 14.4. The van der Waals surface area contributed by atoms with Crippen LogP contribution in [0.4, 0.5) is 19.5 Å². The number of nitrogens with one attached hydrogen (secondary N) is 2. The molecule has 1 atom stereocenters. The van der Waals surface area contributed by atoms with Crippen LogP contribution in [0.25, 0.3) is 11.1 Å². The third-order valence-electron chi connectivity index (χ3n) is 4.52. The Bertz CT molecular complexity index is 1200. The van der Waals surface area contributed by atoms with Gasteiger partial charge in [0.1, 0.15) is 10.6 Å². The Balaban J connectivity index is 1.63. The molecular weight excluding hydrogens is 498 g/mol. The van der Waals surface area contributed by atoms with Crippen molar-refractivity contribution in [3.05, 3.63) is 62.9 Å². The summed E-state index contributed by atoms with van der Waals surface area (Å²) in [5, 5.41) is 16.1. The number of fused-ring (bicyclic) bond motifs is 1. The SMILES string of the molecule is Cc1ccc(-c2csc(NC(=O)C3Nc4ccc(Br)cc4S3)c2C(=O)O)c(F)c1F. The normalized spacial score (nSPS) is 14.9. The summed E-state index contributed by atoms with van der Waals surface area (Å²) in [6.45, 7) is 1.42. The fourth-order valence-corrected chi connectivity index (χ4v) is 5.54. The monoisotopic (exact) mass is 510 g/mol. The van der Waals surface area contributed by atoms with Crippen LogP contribution in [0.2, 0.25) is 0 Å². The molecule has 0 bridgehead atoms. The molecule has 0 saturated carbocycles. The molecule has 30 heavy (non-hydrogen) atoms. The van der Waals surface area contributed by atoms with Crippen molar-refractivity contribution in [2.24, 2.45) is 0 Å². The third kappa shape index (κ3) is 3.70. The molecule has 10 heteroatoms. The van der Waals surface area contributed by atoms with Crippen molar-refractivity contribution in [2.75, 3.05) is 10.6 Å². The Kier molecular flexibility index (Phi) is 5.56. The average molecular weight is 511 g/mol. The molecule has 3 aromatic rings. The van der Waals surface area contributed by atoms with E-state index in [1.165, 1.54) is 36.2 Å². The Hall–Kier alpha value is -2.43. The van der Waals surface area contributed by atoms with Gasteiger partial charge in [-0.15, -0.1) is 11.3 Å². The lowest BCUT2D eigenvalue weighted by molar-refractivity contribution is -0.115. The minimum Gasteiger partial charge on any atom is -0.478 e. The van der Waals surface area contributed by atoms with E-state index in [1.54, 1.807) is 0 Å². The molecule has 3 N–H and O–H groups in total. The first-order valence-corrected chi connectivity index (χ1v) is 11.1. The van der Waals surface area contributed by atoms with Crippen molar-refractivity contribution < 1.29 is 23.5 Å². The first-order valence-electron chi connectivity index (χ1n) is 8.59. The number of thiophene rings is 1. The Labute approximate surface area is 186 Å². The number of anilines is 2. The lowest BCUT2D eigenvalue weighted by Crippen LogP contribution is -2.29. The number of carbonyl (C=O) groups is 2. The van der Waals surface area contributed by atoms with Gasteiger partial charge in [0.15, 0.2) is 17.0 Å². The Morgan fingerprint density at radius 1 is 1.17 bits per heavy atom. The molecule has 0 aliphatic carbocycles. The average Bonchev–Trinajstić information content (AvgIpc) is 3.30. The highest BCUT2D eigenvalue weighted by Crippen LogP contribution is 2.42. The van der Waals surface area contributed by atoms with Crippen LogP contribution in [0.5, 0.6) is 0 Å². The second kappa shape index (κ2) is 8.01. The fraction of sp³-hybridized carbons (Fsp3) is 0.100. The van der Waals surface area contributed by atoms with E-state index in [0.717, 1.165) is 26.4 Å². The number of amides is 1. The van der Waals surface area contributed by atoms with E-state index in [1.807, 2.05) is 18.2 Å². The van der Waals surface area contributed by atoms with E-state index in [-0.39, 0.29) is 27.3 Å². The first-order chi connectivity index (χ1) is 14.3. The summed E-state index contributed by atoms with van der Waals surface area (Å²) in [4.78, 5) is 25.5. The van der Waals surface area contributed by atoms with Gasteiger partial charge in [-0.3, -0.25) is 4.79 Å². The molecule has 0 fully saturated rings. The van der Waals surface area contributed by atoms with Gasteiger partial charge in [-0.2, -0.15) is 0 Å². The summed E-state index contributed by atoms with van der Waals surface area (Å²) < 4.78 is 29.3. The maximum atomic E-state index is 14.4. The fourth-order valence-electron chi connectivity index (χ4n) is 3.02. The molecule has 2 heterocycles. The molecular formula is C20H13BrF2N2O3S2. The Morgan fingerprint density at radius 3 is 2.67 bits per heavy atom. The molecule has 0 spiro atoms. The molecule has 1 aliphatic heterocycles. The molecule has 0 saturated heterocycles. The number of benzene rings is 2. The minimum absolute atomic E-state index is 0.0125. The van der Waals surface area contributed by atoms with Gasteiger partial charge in [-0.1, -0.05) is 39.8 Å². The quantitative estimate of drug-likeness (QED) is 0.404. The minimum atomic E-state index is -1.35. The zero-order chi connectivity index (χ0) is 21.6. The topological polar surface area (TPSA) is 78.4 Å². The van der Waals surface area contributed by atoms with Gasteiger partial charge in [0.25, 0.3) is 5.91 Å². The number of aryl methyl sites for hydroxylation is 1. The van der Waals surface area contributed by atoms with E-state index in [9.17, 15) is 23.5 Å². The zero-order valence-corrected chi connectivity index (χ0v) is 18.5. The molecule has 1 amide bonds. The van der Waals surface area contributed by atoms with Crippen molar-refractivity contribution in [1.82, 2.24) is 0 Å². The van der Waals surface area contributed by atoms with E-state index < -0.39 is 28.9 Å². The number of rotatable bonds is 4. The first kappa shape index (κ1) is 20.8. The van der Waals surface area contributed by atoms with Crippen molar-refractivity contribution in [3.63, 3.8) is 0 Å². The van der Waals surface area contributed by atoms with Crippen molar-refractivity contribution in [3.8, 4) is 11.1 Å². The predicted molar refractivity (Wildman–Crippen MR) is 117 cm³/mol. The smallest absolute Gasteiger partial charge is 0.339 e. The maximum Gasteiger partial charge on any atom is 0.339 e. The van der Waals surface area contributed by atoms with Crippen LogP contribution in [0.3, 0.4) is 0 Å². The highest BCUT2D eigenvalue weighted by atomic mass is 79.9. The number of hydrogen-bond acceptors (Lipinski definition) is 5. The molecule has 1 unspecified atom stereocenters. The molecule has 5 nitrogen and oxygen atoms in total. The molecule has 1 aromatic heterocycles. The predicted octanol–water partition coefficient (Wildman–Crippen LogP) is 5.94. The van der Waals surface area contributed by atoms with Crippen LogP contribution in [-0.2, 0) is 4.79 Å². The number of thioether (sulfide) groups is 1. The standard InChI is InChI=1S/C20H13BrF2N2O3S2/c1-8-2-4-10(16(23)15(8)22)11-7-29-18(14(11)20(27)28)25-17(26)19-24-12-5-3-9(21)6-13(12)30-19/h2-7,19,24H,1H3,(H,25,26)(H,27,28). The van der Waals surface area contributed by atoms with Gasteiger partial charge >= 0.3 is 5.97 Å². The molecule has 2 aromatic carbocycles. The number of halogens is 3. The van der Waals surface area contributed by atoms with E-state index in [0.29, 0.717) is 0 Å². The van der Waals surface area contributed by atoms with Gasteiger partial charge in [0.2, 0.25) is 0 Å². The number of carboxylic acid groups (broad SMARTS) is 1. The number of hydrogen-bond donors (Lipinski definition) is 3. The van der Waals surface area contributed by atoms with Crippen LogP contribution in [0.1, 0.15) is 15.9 Å². The molecule has 0 radical (unpaired) electrons. The van der Waals surface area contributed by atoms with Crippen LogP contribution in [-0.4, -0.2) is 22.4 Å². The largest absolute Gasteiger partial charge is 0.478 e. The van der Waals surface area contributed by atoms with Gasteiger partial charge in [-0.05, 0) is 30.7 Å². The number of aromatic carboxylic acids is 1.